The van der Waals surface area contributed by atoms with E-state index >= 15 is 0 Å². The quantitative estimate of drug-likeness (QED) is 0.130. The van der Waals surface area contributed by atoms with Crippen molar-refractivity contribution in [1.82, 2.24) is 0 Å². The van der Waals surface area contributed by atoms with Crippen LogP contribution in [0.25, 0.3) is 0 Å². The topological polar surface area (TPSA) is 228 Å². The molecular weight excluding hydrogens is 693 g/mol. The fraction of sp³-hybridized carbons (Fsp3) is 1.00. The predicted molar refractivity (Wildman–Crippen MR) is 186 cm³/mol. The Morgan fingerprint density at radius 2 is 0.625 bits per heavy atom. The minimum Gasteiger partial charge on any atom is -0.372 e. The van der Waals surface area contributed by atoms with Crippen molar-refractivity contribution in [1.29, 1.82) is 0 Å². The van der Waals surface area contributed by atoms with Gasteiger partial charge in [0.1, 0.15) is 0 Å². The predicted octanol–water partition coefficient (Wildman–Crippen LogP) is 6.97. The molecule has 3 saturated heterocycles. The Morgan fingerprint density at radius 3 is 0.729 bits per heavy atom. The van der Waals surface area contributed by atoms with Crippen LogP contribution in [0.3, 0.4) is 0 Å². The van der Waals surface area contributed by atoms with E-state index in [4.69, 9.17) is 43.6 Å². The maximum atomic E-state index is 10.6. The van der Waals surface area contributed by atoms with Gasteiger partial charge in [-0.1, -0.05) is 62.3 Å². The number of ether oxygens (including phenoxy) is 3. The van der Waals surface area contributed by atoms with Crippen LogP contribution in [-0.4, -0.2) is 84.3 Å². The molecule has 0 aliphatic carbocycles. The molecular formula is C30H69O15P3. The zero-order valence-corrected chi connectivity index (χ0v) is 34.4. The molecule has 3 aliphatic rings. The normalized spacial score (nSPS) is 31.8. The van der Waals surface area contributed by atoms with Gasteiger partial charge in [-0.25, -0.2) is 13.7 Å². The van der Waals surface area contributed by atoms with E-state index in [1.807, 2.05) is 83.1 Å². The second kappa shape index (κ2) is 25.2. The molecule has 18 heteroatoms. The van der Waals surface area contributed by atoms with E-state index in [-0.39, 0.29) is 54.4 Å². The van der Waals surface area contributed by atoms with E-state index in [0.29, 0.717) is 0 Å². The summed E-state index contributed by atoms with van der Waals surface area (Å²) in [5.41, 5.74) is 0. The average Bonchev–Trinajstić information content (AvgIpc) is 3.59. The van der Waals surface area contributed by atoms with Crippen molar-refractivity contribution in [3.63, 3.8) is 0 Å². The molecule has 6 N–H and O–H groups in total. The highest BCUT2D eigenvalue weighted by Gasteiger charge is 2.39. The molecule has 3 fully saturated rings. The molecule has 0 unspecified atom stereocenters. The van der Waals surface area contributed by atoms with Crippen molar-refractivity contribution in [2.75, 3.05) is 0 Å². The first-order valence-corrected chi connectivity index (χ1v) is 21.7. The molecule has 0 aromatic rings. The van der Waals surface area contributed by atoms with Crippen molar-refractivity contribution in [3.8, 4) is 0 Å². The van der Waals surface area contributed by atoms with E-state index < -0.39 is 41.8 Å². The van der Waals surface area contributed by atoms with Gasteiger partial charge >= 0.3 is 23.5 Å². The maximum absolute atomic E-state index is 10.6. The van der Waals surface area contributed by atoms with Crippen LogP contribution in [0.5, 0.6) is 0 Å². The second-order valence-corrected chi connectivity index (χ2v) is 15.4. The van der Waals surface area contributed by atoms with E-state index in [1.165, 1.54) is 0 Å². The summed E-state index contributed by atoms with van der Waals surface area (Å²) in [5, 5.41) is 0. The van der Waals surface area contributed by atoms with Gasteiger partial charge in [-0.15, -0.1) is 0 Å². The van der Waals surface area contributed by atoms with Gasteiger partial charge in [-0.2, -0.15) is 0 Å². The molecule has 0 aromatic heterocycles. The molecule has 3 heterocycles. The highest BCUT2D eigenvalue weighted by atomic mass is 31.2. The lowest BCUT2D eigenvalue weighted by Gasteiger charge is -2.23. The molecule has 0 amide bonds. The summed E-state index contributed by atoms with van der Waals surface area (Å²) >= 11 is 0. The Bertz CT molecular complexity index is 837. The van der Waals surface area contributed by atoms with Crippen LogP contribution in [0.15, 0.2) is 0 Å². The maximum Gasteiger partial charge on any atom is 0.469 e. The number of phosphoric acid groups is 3. The third-order valence-corrected chi connectivity index (χ3v) is 9.08. The average molecular weight is 763 g/mol. The largest absolute Gasteiger partial charge is 0.469 e. The fourth-order valence-electron chi connectivity index (χ4n) is 5.90. The van der Waals surface area contributed by atoms with Crippen LogP contribution in [0, 0.1) is 17.8 Å². The molecule has 0 radical (unpaired) electrons. The monoisotopic (exact) mass is 762 g/mol. The summed E-state index contributed by atoms with van der Waals surface area (Å²) in [6.07, 6.45) is 0.724. The highest BCUT2D eigenvalue weighted by molar-refractivity contribution is 7.46. The molecule has 48 heavy (non-hydrogen) atoms. The Labute approximate surface area is 289 Å². The Balaban J connectivity index is -0.000000585. The minimum absolute atomic E-state index is 0.137. The van der Waals surface area contributed by atoms with Gasteiger partial charge in [0.25, 0.3) is 0 Å². The first-order chi connectivity index (χ1) is 21.9. The van der Waals surface area contributed by atoms with Gasteiger partial charge in [0.05, 0.1) is 54.9 Å². The number of hydrogen-bond donors (Lipinski definition) is 6. The molecule has 294 valence electrons. The molecule has 0 saturated carbocycles. The lowest BCUT2D eigenvalue weighted by molar-refractivity contribution is -0.0309. The molecule has 0 spiro atoms. The summed E-state index contributed by atoms with van der Waals surface area (Å²) in [7, 11) is -13.2. The lowest BCUT2D eigenvalue weighted by Crippen LogP contribution is -2.29. The van der Waals surface area contributed by atoms with Gasteiger partial charge in [0, 0.05) is 0 Å². The second-order valence-electron chi connectivity index (χ2n) is 11.8. The van der Waals surface area contributed by atoms with Crippen LogP contribution < -0.4 is 0 Å². The zero-order valence-electron chi connectivity index (χ0n) is 31.7. The molecule has 3 aliphatic heterocycles. The molecule has 0 aromatic carbocycles. The third-order valence-electron chi connectivity index (χ3n) is 7.26. The van der Waals surface area contributed by atoms with E-state index in [1.54, 1.807) is 20.8 Å². The summed E-state index contributed by atoms with van der Waals surface area (Å²) in [4.78, 5) is 51.8. The number of phosphoric ester groups is 3. The van der Waals surface area contributed by atoms with Crippen molar-refractivity contribution in [2.45, 2.75) is 178 Å². The number of rotatable bonds is 9. The van der Waals surface area contributed by atoms with Crippen LogP contribution in [0.1, 0.15) is 123 Å². The smallest absolute Gasteiger partial charge is 0.372 e. The van der Waals surface area contributed by atoms with Gasteiger partial charge in [-0.3, -0.25) is 13.6 Å². The number of hydrogen-bond acceptors (Lipinski definition) is 9. The minimum atomic E-state index is -4.40. The Morgan fingerprint density at radius 1 is 0.458 bits per heavy atom. The van der Waals surface area contributed by atoms with Crippen molar-refractivity contribution in [3.05, 3.63) is 0 Å². The van der Waals surface area contributed by atoms with Crippen molar-refractivity contribution < 1.29 is 70.8 Å². The molecule has 3 rings (SSSR count). The fourth-order valence-corrected chi connectivity index (χ4v) is 7.56. The van der Waals surface area contributed by atoms with Crippen LogP contribution in [-0.2, 0) is 41.5 Å². The first-order valence-electron chi connectivity index (χ1n) is 17.1. The molecule has 15 nitrogen and oxygen atoms in total. The van der Waals surface area contributed by atoms with E-state index in [2.05, 4.69) is 13.6 Å². The van der Waals surface area contributed by atoms with Gasteiger partial charge in [0.15, 0.2) is 0 Å². The first kappa shape index (κ1) is 52.6. The lowest BCUT2D eigenvalue weighted by atomic mass is 9.99. The van der Waals surface area contributed by atoms with Gasteiger partial charge in [-0.05, 0) is 78.6 Å². The SMILES string of the molecule is CC.CC.CC.C[C@H]1C[C@H](C)[C@@H]([C@@H](C)OP(=O)(O)O)O1.C[C@H]1C[C@H](C)[C@@H]([C@@H](C)OP(=O)(O)O)O1.C[C@H]1C[C@H](C)[C@@H]([C@@H](C)OP(=O)(O)O)O1. The summed E-state index contributed by atoms with van der Waals surface area (Å²) in [6, 6.07) is 0. The van der Waals surface area contributed by atoms with E-state index in [0.717, 1.165) is 19.3 Å². The molecule has 12 atom stereocenters. The van der Waals surface area contributed by atoms with E-state index in [9.17, 15) is 13.7 Å². The van der Waals surface area contributed by atoms with Crippen LogP contribution in [0.4, 0.5) is 0 Å². The highest BCUT2D eigenvalue weighted by Crippen LogP contribution is 2.43. The van der Waals surface area contributed by atoms with Crippen molar-refractivity contribution >= 4 is 23.5 Å². The summed E-state index contributed by atoms with van der Waals surface area (Å²) in [5.74, 6) is 0.810. The van der Waals surface area contributed by atoms with Gasteiger partial charge in [0.2, 0.25) is 0 Å². The van der Waals surface area contributed by atoms with Crippen LogP contribution >= 0.6 is 23.5 Å². The Kier molecular flexibility index (Phi) is 27.6. The summed E-state index contributed by atoms with van der Waals surface area (Å²) in [6.45, 7) is 28.7. The standard InChI is InChI=1S/3C8H17O5P.3C2H6/c3*1-5-4-6(2)12-8(5)7(3)13-14(9,10)11;3*1-2/h3*5-8H,4H2,1-3H3,(H2,9,10,11);3*1-2H3/t3*5-,6-,7+,8-;;;/m000.../s1. The third kappa shape index (κ3) is 23.6. The zero-order chi connectivity index (χ0) is 38.8. The van der Waals surface area contributed by atoms with Crippen LogP contribution in [0.2, 0.25) is 0 Å². The van der Waals surface area contributed by atoms with Gasteiger partial charge < -0.3 is 43.6 Å². The molecule has 0 bridgehead atoms. The van der Waals surface area contributed by atoms with Crippen molar-refractivity contribution in [2.24, 2.45) is 17.8 Å². The Hall–Kier alpha value is 0.210. The summed E-state index contributed by atoms with van der Waals surface area (Å²) < 4.78 is 62.1.